The molecule has 1 heterocycles. The molecule has 22 heavy (non-hydrogen) atoms. The zero-order chi connectivity index (χ0) is 15.5. The molecule has 0 spiro atoms. The van der Waals surface area contributed by atoms with Gasteiger partial charge in [0.05, 0.1) is 16.3 Å². The number of nitrogens with zero attached hydrogens (tertiary/aromatic N) is 1. The Hall–Kier alpha value is -1.73. The molecular formula is C17H13IN2OS. The number of hydrogen-bond donors (Lipinski definition) is 1. The lowest BCUT2D eigenvalue weighted by Crippen LogP contribution is -2.13. The van der Waals surface area contributed by atoms with E-state index in [0.29, 0.717) is 5.56 Å². The van der Waals surface area contributed by atoms with Gasteiger partial charge >= 0.3 is 0 Å². The van der Waals surface area contributed by atoms with Crippen molar-refractivity contribution in [3.05, 3.63) is 68.1 Å². The molecule has 1 aromatic heterocycles. The fraction of sp³-hybridized carbons (Fsp3) is 0.0588. The monoisotopic (exact) mass is 420 g/mol. The standard InChI is InChI=1S/C17H13IN2OS/c1-11-19-16(10-22-11)12-6-8-13(9-7-12)20-17(21)14-4-2-3-5-15(14)18/h2-10H,1H3,(H,20,21). The fourth-order valence-electron chi connectivity index (χ4n) is 2.06. The molecule has 3 rings (SSSR count). The van der Waals surface area contributed by atoms with Crippen molar-refractivity contribution in [3.8, 4) is 11.3 Å². The highest BCUT2D eigenvalue weighted by Crippen LogP contribution is 2.23. The van der Waals surface area contributed by atoms with Gasteiger partial charge in [0.15, 0.2) is 0 Å². The number of aryl methyl sites for hydroxylation is 1. The van der Waals surface area contributed by atoms with E-state index in [1.54, 1.807) is 11.3 Å². The van der Waals surface area contributed by atoms with Crippen LogP contribution in [0, 0.1) is 10.5 Å². The zero-order valence-electron chi connectivity index (χ0n) is 11.8. The molecule has 0 aliphatic heterocycles. The van der Waals surface area contributed by atoms with Crippen molar-refractivity contribution in [2.45, 2.75) is 6.92 Å². The Kier molecular flexibility index (Phi) is 4.54. The number of benzene rings is 2. The third-order valence-corrected chi connectivity index (χ3v) is 4.89. The van der Waals surface area contributed by atoms with Crippen LogP contribution in [0.1, 0.15) is 15.4 Å². The summed E-state index contributed by atoms with van der Waals surface area (Å²) >= 11 is 3.80. The van der Waals surface area contributed by atoms with Crippen LogP contribution in [0.15, 0.2) is 53.9 Å². The first kappa shape index (κ1) is 15.2. The van der Waals surface area contributed by atoms with Crippen LogP contribution in [-0.4, -0.2) is 10.9 Å². The number of rotatable bonds is 3. The molecule has 5 heteroatoms. The third kappa shape index (κ3) is 3.36. The van der Waals surface area contributed by atoms with Gasteiger partial charge in [-0.15, -0.1) is 11.3 Å². The minimum atomic E-state index is -0.0951. The average Bonchev–Trinajstić information content (AvgIpc) is 2.95. The molecule has 0 bridgehead atoms. The van der Waals surface area contributed by atoms with Gasteiger partial charge in [0.2, 0.25) is 0 Å². The number of hydrogen-bond acceptors (Lipinski definition) is 3. The SMILES string of the molecule is Cc1nc(-c2ccc(NC(=O)c3ccccc3I)cc2)cs1. The highest BCUT2D eigenvalue weighted by molar-refractivity contribution is 14.1. The topological polar surface area (TPSA) is 42.0 Å². The molecule has 0 saturated carbocycles. The largest absolute Gasteiger partial charge is 0.322 e. The molecule has 0 unspecified atom stereocenters. The van der Waals surface area contributed by atoms with Gasteiger partial charge in [-0.25, -0.2) is 4.98 Å². The van der Waals surface area contributed by atoms with Crippen LogP contribution in [0.2, 0.25) is 0 Å². The molecule has 0 atom stereocenters. The number of halogens is 1. The summed E-state index contributed by atoms with van der Waals surface area (Å²) < 4.78 is 0.937. The molecule has 1 N–H and O–H groups in total. The predicted molar refractivity (Wildman–Crippen MR) is 99.4 cm³/mol. The second-order valence-electron chi connectivity index (χ2n) is 4.76. The van der Waals surface area contributed by atoms with Crippen LogP contribution in [-0.2, 0) is 0 Å². The van der Waals surface area contributed by atoms with E-state index >= 15 is 0 Å². The van der Waals surface area contributed by atoms with Gasteiger partial charge in [0, 0.05) is 20.2 Å². The van der Waals surface area contributed by atoms with Crippen molar-refractivity contribution in [2.75, 3.05) is 5.32 Å². The summed E-state index contributed by atoms with van der Waals surface area (Å²) in [6, 6.07) is 15.3. The lowest BCUT2D eigenvalue weighted by molar-refractivity contribution is 0.102. The number of carbonyl (C=O) groups is 1. The number of aromatic nitrogens is 1. The summed E-state index contributed by atoms with van der Waals surface area (Å²) in [5.74, 6) is -0.0951. The van der Waals surface area contributed by atoms with E-state index in [-0.39, 0.29) is 5.91 Å². The second-order valence-corrected chi connectivity index (χ2v) is 6.99. The van der Waals surface area contributed by atoms with Crippen LogP contribution in [0.5, 0.6) is 0 Å². The van der Waals surface area contributed by atoms with Gasteiger partial charge < -0.3 is 5.32 Å². The number of nitrogens with one attached hydrogen (secondary N) is 1. The summed E-state index contributed by atoms with van der Waals surface area (Å²) in [6.45, 7) is 1.99. The number of carbonyl (C=O) groups excluding carboxylic acids is 1. The minimum absolute atomic E-state index is 0.0951. The van der Waals surface area contributed by atoms with Crippen molar-refractivity contribution >= 4 is 45.5 Å². The van der Waals surface area contributed by atoms with Crippen molar-refractivity contribution in [2.24, 2.45) is 0 Å². The van der Waals surface area contributed by atoms with Gasteiger partial charge in [0.25, 0.3) is 5.91 Å². The Bertz CT molecular complexity index is 812. The van der Waals surface area contributed by atoms with E-state index in [1.165, 1.54) is 0 Å². The Morgan fingerprint density at radius 1 is 1.14 bits per heavy atom. The summed E-state index contributed by atoms with van der Waals surface area (Å²) in [6.07, 6.45) is 0. The number of amides is 1. The highest BCUT2D eigenvalue weighted by atomic mass is 127. The van der Waals surface area contributed by atoms with Crippen molar-refractivity contribution in [1.82, 2.24) is 4.98 Å². The molecule has 3 nitrogen and oxygen atoms in total. The number of thiazole rings is 1. The summed E-state index contributed by atoms with van der Waals surface area (Å²) in [5, 5.41) is 6.01. The van der Waals surface area contributed by atoms with Gasteiger partial charge in [-0.2, -0.15) is 0 Å². The number of anilines is 1. The van der Waals surface area contributed by atoms with Crippen molar-refractivity contribution in [1.29, 1.82) is 0 Å². The highest BCUT2D eigenvalue weighted by Gasteiger charge is 2.09. The van der Waals surface area contributed by atoms with Crippen LogP contribution >= 0.6 is 33.9 Å². The lowest BCUT2D eigenvalue weighted by Gasteiger charge is -2.07. The molecule has 0 fully saturated rings. The Labute approximate surface area is 146 Å². The molecule has 110 valence electrons. The quantitative estimate of drug-likeness (QED) is 0.608. The van der Waals surface area contributed by atoms with E-state index < -0.39 is 0 Å². The summed E-state index contributed by atoms with van der Waals surface area (Å²) in [4.78, 5) is 16.7. The maximum Gasteiger partial charge on any atom is 0.256 e. The van der Waals surface area contributed by atoms with Gasteiger partial charge in [-0.05, 0) is 53.8 Å². The van der Waals surface area contributed by atoms with E-state index in [2.05, 4.69) is 32.9 Å². The van der Waals surface area contributed by atoms with E-state index in [1.807, 2.05) is 60.8 Å². The fourth-order valence-corrected chi connectivity index (χ4v) is 3.32. The first-order valence-corrected chi connectivity index (χ1v) is 8.68. The normalized spacial score (nSPS) is 10.5. The molecule has 0 saturated heterocycles. The molecule has 3 aromatic rings. The van der Waals surface area contributed by atoms with E-state index in [9.17, 15) is 4.79 Å². The lowest BCUT2D eigenvalue weighted by atomic mass is 10.1. The summed E-state index contributed by atoms with van der Waals surface area (Å²) in [5.41, 5.74) is 3.48. The maximum absolute atomic E-state index is 12.3. The molecular weight excluding hydrogens is 407 g/mol. The molecule has 0 aliphatic rings. The Morgan fingerprint density at radius 2 is 1.86 bits per heavy atom. The minimum Gasteiger partial charge on any atom is -0.322 e. The zero-order valence-corrected chi connectivity index (χ0v) is 14.8. The van der Waals surface area contributed by atoms with Crippen molar-refractivity contribution < 1.29 is 4.79 Å². The van der Waals surface area contributed by atoms with Gasteiger partial charge in [0.1, 0.15) is 0 Å². The van der Waals surface area contributed by atoms with Crippen LogP contribution in [0.25, 0.3) is 11.3 Å². The van der Waals surface area contributed by atoms with Crippen LogP contribution < -0.4 is 5.32 Å². The van der Waals surface area contributed by atoms with E-state index in [0.717, 1.165) is 25.5 Å². The predicted octanol–water partition coefficient (Wildman–Crippen LogP) is 4.98. The van der Waals surface area contributed by atoms with E-state index in [4.69, 9.17) is 0 Å². The molecule has 2 aromatic carbocycles. The van der Waals surface area contributed by atoms with Gasteiger partial charge in [-0.3, -0.25) is 4.79 Å². The van der Waals surface area contributed by atoms with Crippen LogP contribution in [0.4, 0.5) is 5.69 Å². The van der Waals surface area contributed by atoms with Crippen molar-refractivity contribution in [3.63, 3.8) is 0 Å². The maximum atomic E-state index is 12.3. The third-order valence-electron chi connectivity index (χ3n) is 3.18. The van der Waals surface area contributed by atoms with Gasteiger partial charge in [-0.1, -0.05) is 24.3 Å². The first-order valence-electron chi connectivity index (χ1n) is 6.72. The molecule has 0 radical (unpaired) electrons. The Balaban J connectivity index is 1.76. The average molecular weight is 420 g/mol. The summed E-state index contributed by atoms with van der Waals surface area (Å²) in [7, 11) is 0. The Morgan fingerprint density at radius 3 is 2.50 bits per heavy atom. The molecule has 0 aliphatic carbocycles. The smallest absolute Gasteiger partial charge is 0.256 e. The first-order chi connectivity index (χ1) is 10.6. The molecule has 1 amide bonds. The van der Waals surface area contributed by atoms with Crippen LogP contribution in [0.3, 0.4) is 0 Å². The second kappa shape index (κ2) is 6.58.